The molecule has 0 bridgehead atoms. The molecule has 6 nitrogen and oxygen atoms in total. The Kier molecular flexibility index (Phi) is 10.1. The third-order valence-electron chi connectivity index (χ3n) is 5.09. The Bertz CT molecular complexity index is 953. The summed E-state index contributed by atoms with van der Waals surface area (Å²) in [7, 11) is 0. The van der Waals surface area contributed by atoms with E-state index in [1.807, 2.05) is 0 Å². The van der Waals surface area contributed by atoms with Crippen LogP contribution in [0, 0.1) is 5.82 Å². The number of hydrogen-bond acceptors (Lipinski definition) is 5. The van der Waals surface area contributed by atoms with Gasteiger partial charge in [-0.15, -0.1) is 12.4 Å². The minimum atomic E-state index is -1.17. The van der Waals surface area contributed by atoms with Crippen molar-refractivity contribution in [2.45, 2.75) is 38.4 Å². The van der Waals surface area contributed by atoms with Crippen LogP contribution in [0.15, 0.2) is 36.4 Å². The van der Waals surface area contributed by atoms with Gasteiger partial charge in [0.1, 0.15) is 35.6 Å². The Morgan fingerprint density at radius 2 is 1.91 bits per heavy atom. The fraction of sp³-hybridized carbons (Fsp3) is 0.435. The second-order valence-corrected chi connectivity index (χ2v) is 9.09. The predicted octanol–water partition coefficient (Wildman–Crippen LogP) is 5.19. The van der Waals surface area contributed by atoms with Gasteiger partial charge in [-0.05, 0) is 44.0 Å². The van der Waals surface area contributed by atoms with Crippen LogP contribution < -0.4 is 14.8 Å². The van der Waals surface area contributed by atoms with Gasteiger partial charge >= 0.3 is 0 Å². The number of carbonyl (C=O) groups excluding carboxylic acids is 1. The van der Waals surface area contributed by atoms with Crippen molar-refractivity contribution in [2.24, 2.45) is 0 Å². The highest BCUT2D eigenvalue weighted by molar-refractivity contribution is 6.42. The summed E-state index contributed by atoms with van der Waals surface area (Å²) in [6, 6.07) is 9.07. The molecule has 1 amide bonds. The number of halogens is 4. The van der Waals surface area contributed by atoms with Crippen LogP contribution in [0.4, 0.5) is 10.1 Å². The maximum atomic E-state index is 13.6. The number of rotatable bonds is 8. The van der Waals surface area contributed by atoms with Crippen LogP contribution in [-0.2, 0) is 4.79 Å². The Hall–Kier alpha value is -1.77. The topological polar surface area (TPSA) is 71.0 Å². The number of β-amino-alcohol motifs (C(OH)–C–C–N with tert-alkyl or cyclic N) is 1. The van der Waals surface area contributed by atoms with Gasteiger partial charge in [-0.3, -0.25) is 4.79 Å². The zero-order valence-corrected chi connectivity index (χ0v) is 20.8. The Balaban J connectivity index is 0.00000385. The van der Waals surface area contributed by atoms with E-state index in [1.165, 1.54) is 25.1 Å². The minimum Gasteiger partial charge on any atom is -0.490 e. The lowest BCUT2D eigenvalue weighted by Crippen LogP contribution is -2.48. The van der Waals surface area contributed by atoms with Gasteiger partial charge < -0.3 is 24.8 Å². The molecule has 0 radical (unpaired) electrons. The first-order valence-electron chi connectivity index (χ1n) is 10.4. The predicted molar refractivity (Wildman–Crippen MR) is 131 cm³/mol. The first-order chi connectivity index (χ1) is 15.1. The smallest absolute Gasteiger partial charge is 0.221 e. The molecule has 1 fully saturated rings. The molecule has 10 heteroatoms. The number of hydrogen-bond donors (Lipinski definition) is 2. The molecule has 3 rings (SSSR count). The van der Waals surface area contributed by atoms with E-state index in [4.69, 9.17) is 32.7 Å². The van der Waals surface area contributed by atoms with E-state index in [0.29, 0.717) is 28.0 Å². The number of amides is 1. The molecular formula is C23H28Cl3FN2O4. The quantitative estimate of drug-likeness (QED) is 0.500. The van der Waals surface area contributed by atoms with Crippen LogP contribution in [0.5, 0.6) is 11.5 Å². The Morgan fingerprint density at radius 3 is 2.55 bits per heavy atom. The highest BCUT2D eigenvalue weighted by atomic mass is 35.5. The van der Waals surface area contributed by atoms with Crippen molar-refractivity contribution in [3.05, 3.63) is 52.3 Å². The molecule has 1 atom stereocenters. The van der Waals surface area contributed by atoms with Crippen molar-refractivity contribution >= 4 is 47.2 Å². The first kappa shape index (κ1) is 27.5. The SMILES string of the molecule is CC(=O)Nc1ccc(F)cc1OCC(C)(O)CN1CCC(Oc2ccc(Cl)c(Cl)c2)CC1.Cl. The lowest BCUT2D eigenvalue weighted by Gasteiger charge is -2.36. The minimum absolute atomic E-state index is 0. The molecule has 182 valence electrons. The van der Waals surface area contributed by atoms with E-state index in [2.05, 4.69) is 10.2 Å². The average molecular weight is 522 g/mol. The number of nitrogens with one attached hydrogen (secondary N) is 1. The zero-order chi connectivity index (χ0) is 23.3. The van der Waals surface area contributed by atoms with Crippen molar-refractivity contribution in [1.82, 2.24) is 4.90 Å². The summed E-state index contributed by atoms with van der Waals surface area (Å²) in [5.74, 6) is 0.0782. The van der Waals surface area contributed by atoms with E-state index >= 15 is 0 Å². The van der Waals surface area contributed by atoms with E-state index in [1.54, 1.807) is 25.1 Å². The van der Waals surface area contributed by atoms with Crippen LogP contribution in [0.3, 0.4) is 0 Å². The van der Waals surface area contributed by atoms with Crippen molar-refractivity contribution in [2.75, 3.05) is 31.6 Å². The molecule has 1 aliphatic heterocycles. The van der Waals surface area contributed by atoms with Gasteiger partial charge in [0, 0.05) is 38.7 Å². The largest absolute Gasteiger partial charge is 0.490 e. The summed E-state index contributed by atoms with van der Waals surface area (Å²) in [6.45, 7) is 4.86. The molecule has 2 aromatic rings. The fourth-order valence-electron chi connectivity index (χ4n) is 3.60. The van der Waals surface area contributed by atoms with Crippen molar-refractivity contribution in [3.8, 4) is 11.5 Å². The molecule has 1 saturated heterocycles. The molecule has 2 aromatic carbocycles. The third-order valence-corrected chi connectivity index (χ3v) is 5.82. The molecule has 33 heavy (non-hydrogen) atoms. The van der Waals surface area contributed by atoms with Crippen molar-refractivity contribution < 1.29 is 23.8 Å². The van der Waals surface area contributed by atoms with Crippen LogP contribution in [0.25, 0.3) is 0 Å². The normalized spacial score (nSPS) is 16.4. The maximum Gasteiger partial charge on any atom is 0.221 e. The number of likely N-dealkylation sites (tertiary alicyclic amines) is 1. The summed E-state index contributed by atoms with van der Waals surface area (Å²) >= 11 is 12.0. The molecule has 1 unspecified atom stereocenters. The van der Waals surface area contributed by atoms with Crippen molar-refractivity contribution in [1.29, 1.82) is 0 Å². The van der Waals surface area contributed by atoms with Gasteiger partial charge in [-0.2, -0.15) is 0 Å². The van der Waals surface area contributed by atoms with Crippen molar-refractivity contribution in [3.63, 3.8) is 0 Å². The summed E-state index contributed by atoms with van der Waals surface area (Å²) in [5.41, 5.74) is -0.813. The second-order valence-electron chi connectivity index (χ2n) is 8.28. The monoisotopic (exact) mass is 520 g/mol. The zero-order valence-electron chi connectivity index (χ0n) is 18.4. The van der Waals surface area contributed by atoms with E-state index < -0.39 is 11.4 Å². The summed E-state index contributed by atoms with van der Waals surface area (Å²) in [5, 5.41) is 14.4. The summed E-state index contributed by atoms with van der Waals surface area (Å²) in [4.78, 5) is 13.5. The summed E-state index contributed by atoms with van der Waals surface area (Å²) in [6.07, 6.45) is 1.65. The maximum absolute atomic E-state index is 13.6. The number of piperidine rings is 1. The van der Waals surface area contributed by atoms with Crippen LogP contribution in [0.2, 0.25) is 10.0 Å². The fourth-order valence-corrected chi connectivity index (χ4v) is 3.89. The van der Waals surface area contributed by atoms with Crippen LogP contribution >= 0.6 is 35.6 Å². The molecule has 1 heterocycles. The molecule has 1 aliphatic rings. The first-order valence-corrected chi connectivity index (χ1v) is 11.1. The number of anilines is 1. The second kappa shape index (κ2) is 12.1. The van der Waals surface area contributed by atoms with Gasteiger partial charge in [-0.1, -0.05) is 23.2 Å². The average Bonchev–Trinajstić information content (AvgIpc) is 2.72. The highest BCUT2D eigenvalue weighted by Crippen LogP contribution is 2.29. The van der Waals surface area contributed by atoms with Gasteiger partial charge in [0.2, 0.25) is 5.91 Å². The number of carbonyl (C=O) groups is 1. The Morgan fingerprint density at radius 1 is 1.21 bits per heavy atom. The standard InChI is InChI=1S/C23H27Cl2FN2O4.ClH/c1-15(29)27-21-6-3-16(26)11-22(21)31-14-23(2,30)13-28-9-7-17(8-10-28)32-18-4-5-19(24)20(25)12-18;/h3-6,11-12,17,30H,7-10,13-14H2,1-2H3,(H,27,29);1H. The summed E-state index contributed by atoms with van der Waals surface area (Å²) < 4.78 is 25.3. The number of aliphatic hydroxyl groups is 1. The van der Waals surface area contributed by atoms with E-state index in [-0.39, 0.29) is 36.8 Å². The van der Waals surface area contributed by atoms with Crippen LogP contribution in [0.1, 0.15) is 26.7 Å². The van der Waals surface area contributed by atoms with Gasteiger partial charge in [0.25, 0.3) is 0 Å². The third kappa shape index (κ3) is 8.50. The molecular weight excluding hydrogens is 494 g/mol. The molecule has 0 aromatic heterocycles. The molecule has 0 saturated carbocycles. The number of ether oxygens (including phenoxy) is 2. The van der Waals surface area contributed by atoms with Gasteiger partial charge in [0.05, 0.1) is 15.7 Å². The number of nitrogens with zero attached hydrogens (tertiary/aromatic N) is 1. The van der Waals surface area contributed by atoms with Crippen LogP contribution in [-0.4, -0.2) is 53.9 Å². The highest BCUT2D eigenvalue weighted by Gasteiger charge is 2.29. The lowest BCUT2D eigenvalue weighted by molar-refractivity contribution is -0.114. The van der Waals surface area contributed by atoms with Gasteiger partial charge in [0.15, 0.2) is 0 Å². The lowest BCUT2D eigenvalue weighted by atomic mass is 10.0. The Labute approximate surface area is 209 Å². The van der Waals surface area contributed by atoms with E-state index in [9.17, 15) is 14.3 Å². The molecule has 2 N–H and O–H groups in total. The van der Waals surface area contributed by atoms with E-state index in [0.717, 1.165) is 25.9 Å². The molecule has 0 spiro atoms. The molecule has 0 aliphatic carbocycles. The number of benzene rings is 2. The van der Waals surface area contributed by atoms with Gasteiger partial charge in [-0.25, -0.2) is 4.39 Å².